The lowest BCUT2D eigenvalue weighted by molar-refractivity contribution is 0.128. The van der Waals surface area contributed by atoms with Crippen molar-refractivity contribution in [2.24, 2.45) is 10.9 Å². The Morgan fingerprint density at radius 2 is 2.00 bits per heavy atom. The van der Waals surface area contributed by atoms with Crippen LogP contribution in [0.25, 0.3) is 0 Å². The summed E-state index contributed by atoms with van der Waals surface area (Å²) in [6.45, 7) is 9.51. The molecule has 0 bridgehead atoms. The molecule has 0 aromatic heterocycles. The van der Waals surface area contributed by atoms with Crippen LogP contribution in [0.1, 0.15) is 38.9 Å². The van der Waals surface area contributed by atoms with Crippen LogP contribution in [0.15, 0.2) is 29.3 Å². The van der Waals surface area contributed by atoms with Gasteiger partial charge in [-0.25, -0.2) is 0 Å². The Morgan fingerprint density at radius 3 is 2.65 bits per heavy atom. The Bertz CT molecular complexity index is 513. The molecular formula is C19H34IN3O3. The number of benzene rings is 1. The lowest BCUT2D eigenvalue weighted by Crippen LogP contribution is -2.39. The van der Waals surface area contributed by atoms with Crippen LogP contribution >= 0.6 is 24.0 Å². The summed E-state index contributed by atoms with van der Waals surface area (Å²) in [6.07, 6.45) is 0.397. The molecule has 0 fully saturated rings. The molecule has 0 amide bonds. The van der Waals surface area contributed by atoms with Crippen LogP contribution in [0.4, 0.5) is 0 Å². The van der Waals surface area contributed by atoms with E-state index in [4.69, 9.17) is 9.47 Å². The van der Waals surface area contributed by atoms with Gasteiger partial charge in [-0.1, -0.05) is 26.0 Å². The Labute approximate surface area is 174 Å². The fourth-order valence-electron chi connectivity index (χ4n) is 2.14. The van der Waals surface area contributed by atoms with Crippen molar-refractivity contribution in [1.82, 2.24) is 10.6 Å². The monoisotopic (exact) mass is 479 g/mol. The van der Waals surface area contributed by atoms with Crippen LogP contribution in [-0.2, 0) is 4.74 Å². The molecule has 1 aromatic carbocycles. The van der Waals surface area contributed by atoms with E-state index < -0.39 is 6.10 Å². The molecule has 1 rings (SSSR count). The zero-order chi connectivity index (χ0) is 18.5. The molecule has 1 aromatic rings. The van der Waals surface area contributed by atoms with E-state index in [1.54, 1.807) is 7.11 Å². The number of rotatable bonds is 11. The van der Waals surface area contributed by atoms with Crippen molar-refractivity contribution in [3.8, 4) is 5.75 Å². The van der Waals surface area contributed by atoms with Crippen LogP contribution in [0.3, 0.4) is 0 Å². The van der Waals surface area contributed by atoms with Crippen molar-refractivity contribution in [3.63, 3.8) is 0 Å². The fraction of sp³-hybridized carbons (Fsp3) is 0.632. The molecule has 0 heterocycles. The van der Waals surface area contributed by atoms with E-state index in [0.717, 1.165) is 30.9 Å². The highest BCUT2D eigenvalue weighted by atomic mass is 127. The van der Waals surface area contributed by atoms with Crippen LogP contribution in [0.2, 0.25) is 0 Å². The Hall–Kier alpha value is -1.06. The second-order valence-corrected chi connectivity index (χ2v) is 6.23. The summed E-state index contributed by atoms with van der Waals surface area (Å²) in [5.41, 5.74) is 0.788. The number of methoxy groups -OCH3 is 1. The third-order valence-electron chi connectivity index (χ3n) is 3.62. The smallest absolute Gasteiger partial charge is 0.191 e. The second kappa shape index (κ2) is 15.0. The van der Waals surface area contributed by atoms with Gasteiger partial charge in [0.1, 0.15) is 5.75 Å². The number of halogens is 1. The van der Waals surface area contributed by atoms with Gasteiger partial charge in [-0.2, -0.15) is 0 Å². The summed E-state index contributed by atoms with van der Waals surface area (Å²) in [5.74, 6) is 2.06. The van der Waals surface area contributed by atoms with Gasteiger partial charge in [0.25, 0.3) is 0 Å². The molecule has 3 N–H and O–H groups in total. The zero-order valence-electron chi connectivity index (χ0n) is 16.3. The molecule has 0 radical (unpaired) electrons. The summed E-state index contributed by atoms with van der Waals surface area (Å²) >= 11 is 0. The molecule has 0 aliphatic carbocycles. The first-order valence-electron chi connectivity index (χ1n) is 8.98. The van der Waals surface area contributed by atoms with E-state index in [9.17, 15) is 5.11 Å². The van der Waals surface area contributed by atoms with Crippen molar-refractivity contribution >= 4 is 29.9 Å². The zero-order valence-corrected chi connectivity index (χ0v) is 18.7. The predicted molar refractivity (Wildman–Crippen MR) is 118 cm³/mol. The van der Waals surface area contributed by atoms with Crippen molar-refractivity contribution in [1.29, 1.82) is 0 Å². The van der Waals surface area contributed by atoms with Gasteiger partial charge in [-0.3, -0.25) is 4.99 Å². The number of guanidine groups is 1. The van der Waals surface area contributed by atoms with Crippen molar-refractivity contribution in [2.45, 2.75) is 33.3 Å². The van der Waals surface area contributed by atoms with Gasteiger partial charge in [0.15, 0.2) is 5.96 Å². The first-order chi connectivity index (χ1) is 12.1. The quantitative estimate of drug-likeness (QED) is 0.197. The molecule has 0 aliphatic heterocycles. The number of hydrogen-bond donors (Lipinski definition) is 3. The van der Waals surface area contributed by atoms with Crippen molar-refractivity contribution < 1.29 is 14.6 Å². The maximum absolute atomic E-state index is 10.3. The van der Waals surface area contributed by atoms with Gasteiger partial charge in [0, 0.05) is 19.7 Å². The molecular weight excluding hydrogens is 445 g/mol. The molecule has 0 saturated heterocycles. The van der Waals surface area contributed by atoms with Crippen LogP contribution in [0.5, 0.6) is 5.75 Å². The van der Waals surface area contributed by atoms with Gasteiger partial charge in [-0.15, -0.1) is 24.0 Å². The highest BCUT2D eigenvalue weighted by molar-refractivity contribution is 14.0. The summed E-state index contributed by atoms with van der Waals surface area (Å²) in [7, 11) is 1.61. The van der Waals surface area contributed by atoms with Crippen LogP contribution < -0.4 is 15.4 Å². The average molecular weight is 479 g/mol. The Kier molecular flexibility index (Phi) is 14.4. The third kappa shape index (κ3) is 10.8. The molecule has 0 spiro atoms. The third-order valence-corrected chi connectivity index (χ3v) is 3.62. The number of ether oxygens (including phenoxy) is 2. The molecule has 0 saturated carbocycles. The summed E-state index contributed by atoms with van der Waals surface area (Å²) < 4.78 is 10.8. The van der Waals surface area contributed by atoms with E-state index in [0.29, 0.717) is 25.0 Å². The summed E-state index contributed by atoms with van der Waals surface area (Å²) in [4.78, 5) is 4.44. The second-order valence-electron chi connectivity index (χ2n) is 6.23. The summed E-state index contributed by atoms with van der Waals surface area (Å²) in [5, 5.41) is 16.7. The van der Waals surface area contributed by atoms with Gasteiger partial charge < -0.3 is 25.2 Å². The van der Waals surface area contributed by atoms with E-state index in [1.807, 2.05) is 31.2 Å². The standard InChI is InChI=1S/C19H33N3O3.HI/c1-5-20-19(21-10-12-25-11-9-15(2)3)22-14-18(23)16-7-6-8-17(13-16)24-4;/h6-8,13,15,18,23H,5,9-12,14H2,1-4H3,(H2,20,21,22);1H. The fourth-order valence-corrected chi connectivity index (χ4v) is 2.14. The molecule has 0 aliphatic rings. The van der Waals surface area contributed by atoms with E-state index in [1.165, 1.54) is 0 Å². The number of nitrogens with zero attached hydrogens (tertiary/aromatic N) is 1. The van der Waals surface area contributed by atoms with Gasteiger partial charge in [0.2, 0.25) is 0 Å². The first kappa shape index (κ1) is 24.9. The maximum atomic E-state index is 10.3. The van der Waals surface area contributed by atoms with Crippen LogP contribution in [0, 0.1) is 5.92 Å². The summed E-state index contributed by atoms with van der Waals surface area (Å²) in [6, 6.07) is 7.40. The minimum atomic E-state index is -0.673. The van der Waals surface area contributed by atoms with Crippen molar-refractivity contribution in [2.75, 3.05) is 40.0 Å². The highest BCUT2D eigenvalue weighted by Crippen LogP contribution is 2.19. The minimum Gasteiger partial charge on any atom is -0.497 e. The van der Waals surface area contributed by atoms with E-state index in [-0.39, 0.29) is 30.5 Å². The molecule has 1 unspecified atom stereocenters. The van der Waals surface area contributed by atoms with Crippen LogP contribution in [-0.4, -0.2) is 51.0 Å². The Balaban J connectivity index is 0.00000625. The molecule has 26 heavy (non-hydrogen) atoms. The number of aliphatic hydroxyl groups excluding tert-OH is 1. The van der Waals surface area contributed by atoms with Gasteiger partial charge >= 0.3 is 0 Å². The van der Waals surface area contributed by atoms with Gasteiger partial charge in [-0.05, 0) is 37.0 Å². The first-order valence-corrected chi connectivity index (χ1v) is 8.98. The molecule has 7 heteroatoms. The molecule has 1 atom stereocenters. The maximum Gasteiger partial charge on any atom is 0.191 e. The number of aliphatic hydroxyl groups is 1. The topological polar surface area (TPSA) is 75.1 Å². The lowest BCUT2D eigenvalue weighted by atomic mass is 10.1. The largest absolute Gasteiger partial charge is 0.497 e. The number of aliphatic imine (C=N–C) groups is 1. The van der Waals surface area contributed by atoms with E-state index in [2.05, 4.69) is 29.5 Å². The lowest BCUT2D eigenvalue weighted by Gasteiger charge is -2.14. The molecule has 6 nitrogen and oxygen atoms in total. The highest BCUT2D eigenvalue weighted by Gasteiger charge is 2.08. The average Bonchev–Trinajstić information content (AvgIpc) is 2.61. The normalized spacial score (nSPS) is 12.5. The SMILES string of the molecule is CCNC(=NCC(O)c1cccc(OC)c1)NCCOCCC(C)C.I. The predicted octanol–water partition coefficient (Wildman–Crippen LogP) is 2.96. The minimum absolute atomic E-state index is 0. The number of nitrogens with one attached hydrogen (secondary N) is 2. The molecule has 150 valence electrons. The Morgan fingerprint density at radius 1 is 1.23 bits per heavy atom. The van der Waals surface area contributed by atoms with Crippen molar-refractivity contribution in [3.05, 3.63) is 29.8 Å². The van der Waals surface area contributed by atoms with Gasteiger partial charge in [0.05, 0.1) is 26.4 Å². The van der Waals surface area contributed by atoms with E-state index >= 15 is 0 Å². The number of hydrogen-bond acceptors (Lipinski definition) is 4.